The van der Waals surface area contributed by atoms with Gasteiger partial charge in [-0.2, -0.15) is 0 Å². The van der Waals surface area contributed by atoms with Crippen LogP contribution >= 0.6 is 24.0 Å². The maximum Gasteiger partial charge on any atom is 0.191 e. The molecule has 2 heterocycles. The summed E-state index contributed by atoms with van der Waals surface area (Å²) in [4.78, 5) is 11.5. The minimum Gasteiger partial charge on any atom is -0.379 e. The molecule has 1 aromatic heterocycles. The zero-order chi connectivity index (χ0) is 21.2. The first-order chi connectivity index (χ1) is 14.7. The van der Waals surface area contributed by atoms with Crippen LogP contribution in [0.4, 0.5) is 0 Å². The lowest BCUT2D eigenvalue weighted by molar-refractivity contribution is 0.00752. The molecule has 0 bridgehead atoms. The number of rotatable bonds is 9. The van der Waals surface area contributed by atoms with Crippen molar-refractivity contribution in [3.8, 4) is 0 Å². The molecular weight excluding hydrogens is 503 g/mol. The molecule has 0 saturated carbocycles. The van der Waals surface area contributed by atoms with Gasteiger partial charge in [0.15, 0.2) is 5.96 Å². The zero-order valence-electron chi connectivity index (χ0n) is 19.0. The molecule has 1 aromatic carbocycles. The molecule has 2 aromatic rings. The molecule has 0 spiro atoms. The fourth-order valence-electron chi connectivity index (χ4n) is 3.83. The van der Waals surface area contributed by atoms with Crippen molar-refractivity contribution in [3.63, 3.8) is 0 Å². The van der Waals surface area contributed by atoms with Crippen LogP contribution in [0.5, 0.6) is 0 Å². The van der Waals surface area contributed by atoms with Crippen molar-refractivity contribution in [1.29, 1.82) is 0 Å². The first-order valence-corrected chi connectivity index (χ1v) is 11.0. The van der Waals surface area contributed by atoms with Gasteiger partial charge in [0.05, 0.1) is 26.1 Å². The van der Waals surface area contributed by atoms with E-state index < -0.39 is 0 Å². The van der Waals surface area contributed by atoms with Crippen LogP contribution in [0.3, 0.4) is 0 Å². The van der Waals surface area contributed by atoms with E-state index in [1.54, 1.807) is 0 Å². The molecule has 1 aliphatic rings. The first-order valence-electron chi connectivity index (χ1n) is 11.0. The molecule has 7 nitrogen and oxygen atoms in total. The molecule has 1 atom stereocenters. The number of nitrogens with one attached hydrogen (secondary N) is 2. The highest BCUT2D eigenvalue weighted by molar-refractivity contribution is 14.0. The van der Waals surface area contributed by atoms with Gasteiger partial charge in [-0.15, -0.1) is 24.0 Å². The number of imidazole rings is 1. The lowest BCUT2D eigenvalue weighted by atomic mass is 10.0. The molecule has 3 rings (SSSR count). The molecule has 0 aliphatic carbocycles. The van der Waals surface area contributed by atoms with Crippen molar-refractivity contribution in [3.05, 3.63) is 54.1 Å². The van der Waals surface area contributed by atoms with Gasteiger partial charge in [-0.05, 0) is 24.0 Å². The van der Waals surface area contributed by atoms with Crippen LogP contribution in [0.1, 0.15) is 31.9 Å². The molecule has 0 amide bonds. The van der Waals surface area contributed by atoms with E-state index in [0.29, 0.717) is 18.5 Å². The fourth-order valence-corrected chi connectivity index (χ4v) is 3.83. The van der Waals surface area contributed by atoms with E-state index in [4.69, 9.17) is 9.73 Å². The van der Waals surface area contributed by atoms with E-state index in [1.807, 2.05) is 18.7 Å². The summed E-state index contributed by atoms with van der Waals surface area (Å²) in [5.74, 6) is 1.44. The quantitative estimate of drug-likeness (QED) is 0.291. The van der Waals surface area contributed by atoms with Gasteiger partial charge in [-0.25, -0.2) is 9.98 Å². The number of guanidine groups is 1. The van der Waals surface area contributed by atoms with Gasteiger partial charge >= 0.3 is 0 Å². The fraction of sp³-hybridized carbons (Fsp3) is 0.565. The van der Waals surface area contributed by atoms with Gasteiger partial charge in [-0.3, -0.25) is 4.90 Å². The van der Waals surface area contributed by atoms with Gasteiger partial charge in [0.2, 0.25) is 0 Å². The number of morpholine rings is 1. The lowest BCUT2D eigenvalue weighted by Crippen LogP contribution is -2.52. The van der Waals surface area contributed by atoms with E-state index in [1.165, 1.54) is 11.1 Å². The first kappa shape index (κ1) is 25.6. The van der Waals surface area contributed by atoms with E-state index >= 15 is 0 Å². The topological polar surface area (TPSA) is 66.7 Å². The summed E-state index contributed by atoms with van der Waals surface area (Å²) in [6, 6.07) is 9.07. The highest BCUT2D eigenvalue weighted by Crippen LogP contribution is 2.12. The summed E-state index contributed by atoms with van der Waals surface area (Å²) >= 11 is 0. The largest absolute Gasteiger partial charge is 0.379 e. The minimum absolute atomic E-state index is 0. The molecule has 8 heteroatoms. The Morgan fingerprint density at radius 2 is 1.97 bits per heavy atom. The Morgan fingerprint density at radius 1 is 1.19 bits per heavy atom. The number of aliphatic imine (C=N–C) groups is 1. The monoisotopic (exact) mass is 540 g/mol. The van der Waals surface area contributed by atoms with E-state index in [0.717, 1.165) is 51.9 Å². The predicted octanol–water partition coefficient (Wildman–Crippen LogP) is 2.96. The Labute approximate surface area is 203 Å². The number of benzene rings is 1. The molecule has 172 valence electrons. The highest BCUT2D eigenvalue weighted by Gasteiger charge is 2.23. The molecule has 1 fully saturated rings. The summed E-state index contributed by atoms with van der Waals surface area (Å²) < 4.78 is 7.60. The average Bonchev–Trinajstić information content (AvgIpc) is 3.26. The van der Waals surface area contributed by atoms with Crippen LogP contribution < -0.4 is 10.6 Å². The van der Waals surface area contributed by atoms with Gasteiger partial charge in [0.1, 0.15) is 0 Å². The van der Waals surface area contributed by atoms with Crippen molar-refractivity contribution in [1.82, 2.24) is 25.1 Å². The highest BCUT2D eigenvalue weighted by atomic mass is 127. The Kier molecular flexibility index (Phi) is 11.3. The van der Waals surface area contributed by atoms with Gasteiger partial charge in [0, 0.05) is 51.2 Å². The van der Waals surface area contributed by atoms with Crippen molar-refractivity contribution in [2.24, 2.45) is 10.9 Å². The average molecular weight is 540 g/mol. The van der Waals surface area contributed by atoms with Crippen LogP contribution in [0.25, 0.3) is 0 Å². The second-order valence-corrected chi connectivity index (χ2v) is 8.09. The van der Waals surface area contributed by atoms with Crippen molar-refractivity contribution < 1.29 is 4.74 Å². The molecule has 1 saturated heterocycles. The molecule has 1 aliphatic heterocycles. The smallest absolute Gasteiger partial charge is 0.191 e. The summed E-state index contributed by atoms with van der Waals surface area (Å²) in [5.41, 5.74) is 2.46. The van der Waals surface area contributed by atoms with Gasteiger partial charge in [0.25, 0.3) is 0 Å². The molecular formula is C23H37IN6O. The number of halogens is 1. The molecule has 2 N–H and O–H groups in total. The third kappa shape index (κ3) is 8.42. The Morgan fingerprint density at radius 3 is 2.65 bits per heavy atom. The SMILES string of the molecule is CCNC(=NCc1cccc(Cn2ccnc2)c1)NCC(C(C)C)N1CCOCC1.I. The Hall–Kier alpha value is -1.65. The van der Waals surface area contributed by atoms with Crippen molar-refractivity contribution in [2.75, 3.05) is 39.4 Å². The van der Waals surface area contributed by atoms with Crippen LogP contribution in [0, 0.1) is 5.92 Å². The zero-order valence-corrected chi connectivity index (χ0v) is 21.3. The summed E-state index contributed by atoms with van der Waals surface area (Å²) in [7, 11) is 0. The number of hydrogen-bond donors (Lipinski definition) is 2. The summed E-state index contributed by atoms with van der Waals surface area (Å²) in [5, 5.41) is 6.95. The predicted molar refractivity (Wildman–Crippen MR) is 137 cm³/mol. The Bertz CT molecular complexity index is 774. The van der Waals surface area contributed by atoms with Gasteiger partial charge < -0.3 is 19.9 Å². The number of hydrogen-bond acceptors (Lipinski definition) is 4. The van der Waals surface area contributed by atoms with Crippen LogP contribution in [0.15, 0.2) is 48.0 Å². The molecule has 0 radical (unpaired) electrons. The second kappa shape index (κ2) is 13.7. The Balaban J connectivity index is 0.00000341. The number of aromatic nitrogens is 2. The number of nitrogens with zero attached hydrogens (tertiary/aromatic N) is 4. The van der Waals surface area contributed by atoms with Gasteiger partial charge in [-0.1, -0.05) is 38.1 Å². The molecule has 31 heavy (non-hydrogen) atoms. The third-order valence-corrected chi connectivity index (χ3v) is 5.44. The lowest BCUT2D eigenvalue weighted by Gasteiger charge is -2.37. The minimum atomic E-state index is 0. The third-order valence-electron chi connectivity index (χ3n) is 5.44. The standard InChI is InChI=1S/C23H36N6O.HI/c1-4-25-23(27-16-22(19(2)3)29-10-12-30-13-11-29)26-15-20-6-5-7-21(14-20)17-28-9-8-24-18-28;/h5-9,14,18-19,22H,4,10-13,15-17H2,1-3H3,(H2,25,26,27);1H. The van der Waals surface area contributed by atoms with E-state index in [-0.39, 0.29) is 24.0 Å². The van der Waals surface area contributed by atoms with E-state index in [9.17, 15) is 0 Å². The maximum atomic E-state index is 5.52. The van der Waals surface area contributed by atoms with Crippen molar-refractivity contribution >= 4 is 29.9 Å². The van der Waals surface area contributed by atoms with Crippen LogP contribution in [0.2, 0.25) is 0 Å². The summed E-state index contributed by atoms with van der Waals surface area (Å²) in [6.07, 6.45) is 5.64. The van der Waals surface area contributed by atoms with Crippen LogP contribution in [-0.2, 0) is 17.8 Å². The summed E-state index contributed by atoms with van der Waals surface area (Å²) in [6.45, 7) is 13.5. The maximum absolute atomic E-state index is 5.52. The molecule has 1 unspecified atom stereocenters. The van der Waals surface area contributed by atoms with Crippen molar-refractivity contribution in [2.45, 2.75) is 39.9 Å². The normalized spacial score (nSPS) is 16.1. The van der Waals surface area contributed by atoms with Crippen LogP contribution in [-0.4, -0.2) is 65.8 Å². The second-order valence-electron chi connectivity index (χ2n) is 8.09. The number of ether oxygens (including phenoxy) is 1. The van der Waals surface area contributed by atoms with E-state index in [2.05, 4.69) is 70.1 Å².